The van der Waals surface area contributed by atoms with E-state index < -0.39 is 30.0 Å². The smallest absolute Gasteiger partial charge is 0.444 e. The van der Waals surface area contributed by atoms with Gasteiger partial charge in [0.15, 0.2) is 0 Å². The standard InChI is InChI=1S/C21H35BN4O4/c1-19(2,3)28-18(27)25-14-16-10-8-9-11-26(16)17-23-12-15(13-24-17)22-29-20(4,5)21(6,7)30-22/h12-13,16H,8-11,14H2,1-7H3,(H,25,27). The molecule has 3 rings (SSSR count). The maximum absolute atomic E-state index is 12.0. The second-order valence-electron chi connectivity index (χ2n) is 10.1. The summed E-state index contributed by atoms with van der Waals surface area (Å²) in [7, 11) is -0.477. The Labute approximate surface area is 180 Å². The molecule has 2 aliphatic heterocycles. The van der Waals surface area contributed by atoms with Gasteiger partial charge >= 0.3 is 13.2 Å². The lowest BCUT2D eigenvalue weighted by Gasteiger charge is -2.36. The zero-order chi connectivity index (χ0) is 22.2. The zero-order valence-electron chi connectivity index (χ0n) is 19.3. The Morgan fingerprint density at radius 3 is 2.37 bits per heavy atom. The number of rotatable bonds is 4. The van der Waals surface area contributed by atoms with Gasteiger partial charge in [0.25, 0.3) is 0 Å². The molecule has 0 bridgehead atoms. The average molecular weight is 418 g/mol. The molecule has 2 fully saturated rings. The van der Waals surface area contributed by atoms with Crippen LogP contribution in [0, 0.1) is 0 Å². The molecule has 2 saturated heterocycles. The summed E-state index contributed by atoms with van der Waals surface area (Å²) in [6.07, 6.45) is 6.31. The van der Waals surface area contributed by atoms with E-state index in [2.05, 4.69) is 20.2 Å². The van der Waals surface area contributed by atoms with Crippen molar-refractivity contribution in [3.63, 3.8) is 0 Å². The first-order valence-corrected chi connectivity index (χ1v) is 10.8. The maximum Gasteiger partial charge on any atom is 0.498 e. The van der Waals surface area contributed by atoms with Crippen molar-refractivity contribution in [2.45, 2.75) is 90.6 Å². The Bertz CT molecular complexity index is 732. The third-order valence-electron chi connectivity index (χ3n) is 5.95. The van der Waals surface area contributed by atoms with Gasteiger partial charge in [-0.3, -0.25) is 0 Å². The van der Waals surface area contributed by atoms with E-state index >= 15 is 0 Å². The molecule has 1 aromatic heterocycles. The van der Waals surface area contributed by atoms with Crippen molar-refractivity contribution in [2.24, 2.45) is 0 Å². The third-order valence-corrected chi connectivity index (χ3v) is 5.95. The van der Waals surface area contributed by atoms with E-state index in [9.17, 15) is 4.79 Å². The first kappa shape index (κ1) is 22.8. The lowest BCUT2D eigenvalue weighted by molar-refractivity contribution is 0.00578. The third kappa shape index (κ3) is 5.24. The van der Waals surface area contributed by atoms with Gasteiger partial charge in [0.1, 0.15) is 5.60 Å². The summed E-state index contributed by atoms with van der Waals surface area (Å²) in [6, 6.07) is 0.133. The summed E-state index contributed by atoms with van der Waals surface area (Å²) in [4.78, 5) is 23.4. The summed E-state index contributed by atoms with van der Waals surface area (Å²) in [5.41, 5.74) is -0.510. The molecule has 0 aliphatic carbocycles. The minimum absolute atomic E-state index is 0.133. The van der Waals surface area contributed by atoms with Gasteiger partial charge in [-0.05, 0) is 67.7 Å². The van der Waals surface area contributed by atoms with E-state index in [1.165, 1.54) is 0 Å². The van der Waals surface area contributed by atoms with Gasteiger partial charge < -0.3 is 24.3 Å². The fourth-order valence-corrected chi connectivity index (χ4v) is 3.57. The van der Waals surface area contributed by atoms with Gasteiger partial charge in [-0.15, -0.1) is 0 Å². The number of hydrogen-bond acceptors (Lipinski definition) is 7. The van der Waals surface area contributed by atoms with E-state index in [0.717, 1.165) is 31.3 Å². The number of hydrogen-bond donors (Lipinski definition) is 1. The van der Waals surface area contributed by atoms with Crippen molar-refractivity contribution in [3.8, 4) is 0 Å². The van der Waals surface area contributed by atoms with E-state index in [-0.39, 0.29) is 6.04 Å². The number of carbonyl (C=O) groups excluding carboxylic acids is 1. The van der Waals surface area contributed by atoms with Crippen LogP contribution in [0.1, 0.15) is 67.7 Å². The van der Waals surface area contributed by atoms with Crippen molar-refractivity contribution in [3.05, 3.63) is 12.4 Å². The van der Waals surface area contributed by atoms with Crippen molar-refractivity contribution in [2.75, 3.05) is 18.0 Å². The van der Waals surface area contributed by atoms with Crippen LogP contribution in [0.5, 0.6) is 0 Å². The molecule has 0 spiro atoms. The van der Waals surface area contributed by atoms with Crippen LogP contribution in [-0.4, -0.2) is 59.1 Å². The predicted octanol–water partition coefficient (Wildman–Crippen LogP) is 2.66. The number of aromatic nitrogens is 2. The van der Waals surface area contributed by atoms with Crippen LogP contribution in [-0.2, 0) is 14.0 Å². The molecule has 1 N–H and O–H groups in total. The van der Waals surface area contributed by atoms with Crippen LogP contribution in [0.3, 0.4) is 0 Å². The first-order chi connectivity index (χ1) is 13.9. The first-order valence-electron chi connectivity index (χ1n) is 10.8. The molecule has 1 amide bonds. The Hall–Kier alpha value is -1.87. The zero-order valence-corrected chi connectivity index (χ0v) is 19.3. The number of nitrogens with zero attached hydrogens (tertiary/aromatic N) is 3. The molecule has 8 nitrogen and oxygen atoms in total. The quantitative estimate of drug-likeness (QED) is 0.753. The molecule has 1 unspecified atom stereocenters. The normalized spacial score (nSPS) is 23.4. The molecule has 0 aromatic carbocycles. The summed E-state index contributed by atoms with van der Waals surface area (Å²) >= 11 is 0. The molecule has 0 radical (unpaired) electrons. The topological polar surface area (TPSA) is 85.8 Å². The number of anilines is 1. The average Bonchev–Trinajstić information content (AvgIpc) is 2.86. The van der Waals surface area contributed by atoms with Crippen LogP contribution in [0.2, 0.25) is 0 Å². The van der Waals surface area contributed by atoms with Crippen molar-refractivity contribution < 1.29 is 18.8 Å². The predicted molar refractivity (Wildman–Crippen MR) is 117 cm³/mol. The van der Waals surface area contributed by atoms with Gasteiger partial charge in [0.05, 0.1) is 11.2 Å². The SMILES string of the molecule is CC(C)(C)OC(=O)NCC1CCCCN1c1ncc(B2OC(C)(C)C(C)(C)O2)cn1. The number of amides is 1. The van der Waals surface area contributed by atoms with Crippen LogP contribution >= 0.6 is 0 Å². The van der Waals surface area contributed by atoms with Gasteiger partial charge in [-0.25, -0.2) is 14.8 Å². The second kappa shape index (κ2) is 8.34. The van der Waals surface area contributed by atoms with E-state index in [4.69, 9.17) is 14.0 Å². The molecular weight excluding hydrogens is 383 g/mol. The highest BCUT2D eigenvalue weighted by Gasteiger charge is 2.52. The van der Waals surface area contributed by atoms with E-state index in [1.807, 2.05) is 48.5 Å². The van der Waals surface area contributed by atoms with Gasteiger partial charge in [-0.2, -0.15) is 0 Å². The van der Waals surface area contributed by atoms with Gasteiger partial charge in [0.2, 0.25) is 5.95 Å². The molecule has 9 heteroatoms. The fourth-order valence-electron chi connectivity index (χ4n) is 3.57. The molecular formula is C21H35BN4O4. The minimum Gasteiger partial charge on any atom is -0.444 e. The minimum atomic E-state index is -0.511. The lowest BCUT2D eigenvalue weighted by atomic mass is 9.81. The molecule has 0 saturated carbocycles. The lowest BCUT2D eigenvalue weighted by Crippen LogP contribution is -2.48. The summed E-state index contributed by atoms with van der Waals surface area (Å²) < 4.78 is 17.5. The highest BCUT2D eigenvalue weighted by atomic mass is 16.7. The van der Waals surface area contributed by atoms with Crippen molar-refractivity contribution in [1.82, 2.24) is 15.3 Å². The number of nitrogens with one attached hydrogen (secondary N) is 1. The molecule has 1 atom stereocenters. The Morgan fingerprint density at radius 2 is 1.80 bits per heavy atom. The molecule has 3 heterocycles. The number of carbonyl (C=O) groups is 1. The maximum atomic E-state index is 12.0. The highest BCUT2D eigenvalue weighted by Crippen LogP contribution is 2.36. The number of piperidine rings is 1. The van der Waals surface area contributed by atoms with Gasteiger partial charge in [0, 0.05) is 37.0 Å². The molecule has 30 heavy (non-hydrogen) atoms. The summed E-state index contributed by atoms with van der Waals surface area (Å²) in [5, 5.41) is 2.88. The van der Waals surface area contributed by atoms with Crippen LogP contribution in [0.15, 0.2) is 12.4 Å². The van der Waals surface area contributed by atoms with Crippen molar-refractivity contribution >= 4 is 24.6 Å². The van der Waals surface area contributed by atoms with Crippen LogP contribution in [0.25, 0.3) is 0 Å². The van der Waals surface area contributed by atoms with E-state index in [0.29, 0.717) is 12.5 Å². The fraction of sp³-hybridized carbons (Fsp3) is 0.762. The number of ether oxygens (including phenoxy) is 1. The second-order valence-corrected chi connectivity index (χ2v) is 10.1. The van der Waals surface area contributed by atoms with Crippen molar-refractivity contribution in [1.29, 1.82) is 0 Å². The van der Waals surface area contributed by atoms with Crippen LogP contribution < -0.4 is 15.7 Å². The molecule has 1 aromatic rings. The summed E-state index contributed by atoms with van der Waals surface area (Å²) in [5.74, 6) is 0.658. The Kier molecular flexibility index (Phi) is 6.34. The molecule has 166 valence electrons. The highest BCUT2D eigenvalue weighted by molar-refractivity contribution is 6.61. The Morgan fingerprint density at radius 1 is 1.20 bits per heavy atom. The monoisotopic (exact) mass is 418 g/mol. The number of alkyl carbamates (subject to hydrolysis) is 1. The van der Waals surface area contributed by atoms with Gasteiger partial charge in [-0.1, -0.05) is 0 Å². The largest absolute Gasteiger partial charge is 0.498 e. The van der Waals surface area contributed by atoms with E-state index in [1.54, 1.807) is 12.4 Å². The van der Waals surface area contributed by atoms with Crippen LogP contribution in [0.4, 0.5) is 10.7 Å². The Balaban J connectivity index is 1.64. The summed E-state index contributed by atoms with van der Waals surface area (Å²) in [6.45, 7) is 15.0. The molecule has 2 aliphatic rings.